The molecule has 1 heterocycles. The summed E-state index contributed by atoms with van der Waals surface area (Å²) in [6, 6.07) is 12.1. The number of hydrogen-bond donors (Lipinski definition) is 1. The lowest BCUT2D eigenvalue weighted by molar-refractivity contribution is -0.113. The lowest BCUT2D eigenvalue weighted by Gasteiger charge is -2.16. The van der Waals surface area contributed by atoms with E-state index >= 15 is 0 Å². The van der Waals surface area contributed by atoms with Gasteiger partial charge in [-0.25, -0.2) is 0 Å². The van der Waals surface area contributed by atoms with Gasteiger partial charge in [-0.05, 0) is 44.2 Å². The van der Waals surface area contributed by atoms with Crippen LogP contribution >= 0.6 is 46.6 Å². The van der Waals surface area contributed by atoms with Gasteiger partial charge in [-0.2, -0.15) is 0 Å². The Morgan fingerprint density at radius 3 is 2.63 bits per heavy atom. The number of halogens is 3. The first kappa shape index (κ1) is 22.7. The van der Waals surface area contributed by atoms with Crippen molar-refractivity contribution in [2.75, 3.05) is 11.1 Å². The number of ether oxygens (including phenoxy) is 1. The number of para-hydroxylation sites is 1. The van der Waals surface area contributed by atoms with Gasteiger partial charge in [0, 0.05) is 11.6 Å². The molecule has 1 aromatic heterocycles. The zero-order valence-corrected chi connectivity index (χ0v) is 19.3. The molecule has 6 nitrogen and oxygen atoms in total. The highest BCUT2D eigenvalue weighted by Crippen LogP contribution is 2.31. The van der Waals surface area contributed by atoms with E-state index in [0.29, 0.717) is 44.0 Å². The lowest BCUT2D eigenvalue weighted by atomic mass is 10.3. The average molecular weight is 486 g/mol. The average Bonchev–Trinajstić information content (AvgIpc) is 3.13. The topological polar surface area (TPSA) is 69.0 Å². The molecule has 10 heteroatoms. The van der Waals surface area contributed by atoms with Crippen LogP contribution in [0.4, 0.5) is 5.69 Å². The van der Waals surface area contributed by atoms with E-state index in [1.54, 1.807) is 36.4 Å². The van der Waals surface area contributed by atoms with Crippen molar-refractivity contribution in [2.24, 2.45) is 0 Å². The Bertz CT molecular complexity index is 1040. The van der Waals surface area contributed by atoms with E-state index in [9.17, 15) is 4.79 Å². The second-order valence-electron chi connectivity index (χ2n) is 6.24. The molecular formula is C20H19Cl3N4O2S. The second kappa shape index (κ2) is 10.4. The monoisotopic (exact) mass is 484 g/mol. The van der Waals surface area contributed by atoms with Crippen LogP contribution in [0.15, 0.2) is 47.6 Å². The molecule has 1 N–H and O–H groups in total. The summed E-state index contributed by atoms with van der Waals surface area (Å²) >= 11 is 19.5. The summed E-state index contributed by atoms with van der Waals surface area (Å²) in [4.78, 5) is 12.3. The minimum atomic E-state index is -0.401. The Kier molecular flexibility index (Phi) is 7.88. The SMILES string of the molecule is CCn1c(SCC(=O)Nc2ccccc2Cl)nnc1C(C)Oc1ccc(Cl)cc1Cl. The molecule has 3 aromatic rings. The fourth-order valence-electron chi connectivity index (χ4n) is 2.70. The van der Waals surface area contributed by atoms with Crippen molar-refractivity contribution in [3.05, 3.63) is 63.4 Å². The van der Waals surface area contributed by atoms with Crippen molar-refractivity contribution < 1.29 is 9.53 Å². The molecule has 1 atom stereocenters. The summed E-state index contributed by atoms with van der Waals surface area (Å²) in [5, 5.41) is 13.3. The molecular weight excluding hydrogens is 467 g/mol. The largest absolute Gasteiger partial charge is 0.481 e. The number of aromatic nitrogens is 3. The lowest BCUT2D eigenvalue weighted by Crippen LogP contribution is -2.15. The van der Waals surface area contributed by atoms with E-state index in [2.05, 4.69) is 15.5 Å². The van der Waals surface area contributed by atoms with Crippen molar-refractivity contribution >= 4 is 58.2 Å². The molecule has 0 bridgehead atoms. The van der Waals surface area contributed by atoms with Crippen LogP contribution in [0.5, 0.6) is 5.75 Å². The molecule has 0 radical (unpaired) electrons. The van der Waals surface area contributed by atoms with Gasteiger partial charge in [-0.15, -0.1) is 10.2 Å². The molecule has 1 amide bonds. The highest BCUT2D eigenvalue weighted by Gasteiger charge is 2.20. The van der Waals surface area contributed by atoms with Crippen molar-refractivity contribution in [1.29, 1.82) is 0 Å². The number of carbonyl (C=O) groups is 1. The third kappa shape index (κ3) is 5.60. The molecule has 158 valence electrons. The van der Waals surface area contributed by atoms with Crippen LogP contribution in [-0.4, -0.2) is 26.4 Å². The van der Waals surface area contributed by atoms with Crippen LogP contribution in [0.25, 0.3) is 0 Å². The number of thioether (sulfide) groups is 1. The van der Waals surface area contributed by atoms with Crippen molar-refractivity contribution in [3.63, 3.8) is 0 Å². The molecule has 0 saturated heterocycles. The predicted molar refractivity (Wildman–Crippen MR) is 122 cm³/mol. The Morgan fingerprint density at radius 1 is 1.17 bits per heavy atom. The molecule has 0 aliphatic rings. The highest BCUT2D eigenvalue weighted by molar-refractivity contribution is 7.99. The van der Waals surface area contributed by atoms with Crippen LogP contribution in [0.1, 0.15) is 25.8 Å². The van der Waals surface area contributed by atoms with Gasteiger partial charge in [0.2, 0.25) is 5.91 Å². The molecule has 0 aliphatic heterocycles. The van der Waals surface area contributed by atoms with Crippen LogP contribution in [0.2, 0.25) is 15.1 Å². The zero-order valence-electron chi connectivity index (χ0n) is 16.2. The molecule has 0 spiro atoms. The maximum absolute atomic E-state index is 12.3. The van der Waals surface area contributed by atoms with Crippen LogP contribution < -0.4 is 10.1 Å². The molecule has 2 aromatic carbocycles. The Hall–Kier alpha value is -1.93. The quantitative estimate of drug-likeness (QED) is 0.389. The summed E-state index contributed by atoms with van der Waals surface area (Å²) < 4.78 is 7.85. The molecule has 3 rings (SSSR count). The first-order valence-corrected chi connectivity index (χ1v) is 11.2. The van der Waals surface area contributed by atoms with Gasteiger partial charge < -0.3 is 14.6 Å². The molecule has 1 unspecified atom stereocenters. The van der Waals surface area contributed by atoms with Gasteiger partial charge >= 0.3 is 0 Å². The summed E-state index contributed by atoms with van der Waals surface area (Å²) in [5.41, 5.74) is 0.573. The fourth-order valence-corrected chi connectivity index (χ4v) is 4.14. The van der Waals surface area contributed by atoms with Crippen LogP contribution in [-0.2, 0) is 11.3 Å². The summed E-state index contributed by atoms with van der Waals surface area (Å²) in [6.07, 6.45) is -0.401. The van der Waals surface area contributed by atoms with Gasteiger partial charge in [0.1, 0.15) is 5.75 Å². The van der Waals surface area contributed by atoms with E-state index in [1.165, 1.54) is 11.8 Å². The molecule has 0 saturated carbocycles. The summed E-state index contributed by atoms with van der Waals surface area (Å²) in [6.45, 7) is 4.46. The Balaban J connectivity index is 1.66. The summed E-state index contributed by atoms with van der Waals surface area (Å²) in [5.74, 6) is 1.13. The minimum absolute atomic E-state index is 0.168. The number of anilines is 1. The molecule has 30 heavy (non-hydrogen) atoms. The van der Waals surface area contributed by atoms with Crippen molar-refractivity contribution in [3.8, 4) is 5.75 Å². The number of benzene rings is 2. The minimum Gasteiger partial charge on any atom is -0.481 e. The van der Waals surface area contributed by atoms with E-state index in [4.69, 9.17) is 39.5 Å². The number of carbonyl (C=O) groups excluding carboxylic acids is 1. The second-order valence-corrected chi connectivity index (χ2v) is 8.43. The smallest absolute Gasteiger partial charge is 0.234 e. The Labute approximate surface area is 193 Å². The standard InChI is InChI=1S/C20H19Cl3N4O2S/c1-3-27-19(12(2)29-17-9-8-13(21)10-15(17)23)25-26-20(27)30-11-18(28)24-16-7-5-4-6-14(16)22/h4-10,12H,3,11H2,1-2H3,(H,24,28). The number of rotatable bonds is 8. The zero-order chi connectivity index (χ0) is 21.7. The highest BCUT2D eigenvalue weighted by atomic mass is 35.5. The molecule has 0 aliphatic carbocycles. The molecule has 0 fully saturated rings. The number of amides is 1. The number of hydrogen-bond acceptors (Lipinski definition) is 5. The van der Waals surface area contributed by atoms with Gasteiger partial charge in [0.05, 0.1) is 21.5 Å². The van der Waals surface area contributed by atoms with E-state index in [0.717, 1.165) is 0 Å². The maximum Gasteiger partial charge on any atom is 0.234 e. The van der Waals surface area contributed by atoms with Gasteiger partial charge in [-0.1, -0.05) is 58.7 Å². The van der Waals surface area contributed by atoms with E-state index in [-0.39, 0.29) is 11.7 Å². The van der Waals surface area contributed by atoms with Gasteiger partial charge in [0.15, 0.2) is 17.1 Å². The maximum atomic E-state index is 12.3. The van der Waals surface area contributed by atoms with Gasteiger partial charge in [0.25, 0.3) is 0 Å². The van der Waals surface area contributed by atoms with E-state index in [1.807, 2.05) is 24.5 Å². The third-order valence-electron chi connectivity index (χ3n) is 4.10. The predicted octanol–water partition coefficient (Wildman–Crippen LogP) is 6.13. The van der Waals surface area contributed by atoms with Crippen LogP contribution in [0.3, 0.4) is 0 Å². The Morgan fingerprint density at radius 2 is 1.93 bits per heavy atom. The van der Waals surface area contributed by atoms with Crippen LogP contribution in [0, 0.1) is 0 Å². The van der Waals surface area contributed by atoms with Crippen molar-refractivity contribution in [2.45, 2.75) is 31.7 Å². The number of nitrogens with one attached hydrogen (secondary N) is 1. The van der Waals surface area contributed by atoms with E-state index < -0.39 is 6.10 Å². The third-order valence-corrected chi connectivity index (χ3v) is 5.93. The summed E-state index contributed by atoms with van der Waals surface area (Å²) in [7, 11) is 0. The first-order valence-electron chi connectivity index (χ1n) is 9.11. The normalized spacial score (nSPS) is 11.9. The van der Waals surface area contributed by atoms with Gasteiger partial charge in [-0.3, -0.25) is 4.79 Å². The first-order chi connectivity index (χ1) is 14.4. The van der Waals surface area contributed by atoms with Crippen molar-refractivity contribution in [1.82, 2.24) is 14.8 Å². The number of nitrogens with zero attached hydrogens (tertiary/aromatic N) is 3. The fraction of sp³-hybridized carbons (Fsp3) is 0.250.